The van der Waals surface area contributed by atoms with E-state index >= 15 is 0 Å². The molecule has 1 heterocycles. The van der Waals surface area contributed by atoms with Crippen LogP contribution in [0.4, 0.5) is 0 Å². The van der Waals surface area contributed by atoms with E-state index < -0.39 is 11.9 Å². The van der Waals surface area contributed by atoms with Crippen LogP contribution in [0, 0.1) is 17.8 Å². The summed E-state index contributed by atoms with van der Waals surface area (Å²) >= 11 is 0. The lowest BCUT2D eigenvalue weighted by molar-refractivity contribution is -0.144. The Balaban J connectivity index is 1.77. The summed E-state index contributed by atoms with van der Waals surface area (Å²) in [6, 6.07) is 3.35. The fourth-order valence-corrected chi connectivity index (χ4v) is 3.78. The molecule has 19 heavy (non-hydrogen) atoms. The number of hydrogen-bond acceptors (Lipinski definition) is 2. The van der Waals surface area contributed by atoms with Gasteiger partial charge in [-0.25, -0.2) is 0 Å². The number of hydrogen-bond donors (Lipinski definition) is 2. The van der Waals surface area contributed by atoms with Crippen molar-refractivity contribution in [3.63, 3.8) is 0 Å². The molecule has 2 bridgehead atoms. The average Bonchev–Trinajstić information content (AvgIpc) is 3.03. The molecule has 0 aliphatic heterocycles. The average molecular weight is 262 g/mol. The lowest BCUT2D eigenvalue weighted by Crippen LogP contribution is -2.47. The molecule has 0 spiro atoms. The highest BCUT2D eigenvalue weighted by atomic mass is 16.4. The number of aliphatic carboxylic acids is 1. The van der Waals surface area contributed by atoms with E-state index in [-0.39, 0.29) is 17.9 Å². The van der Waals surface area contributed by atoms with Crippen LogP contribution in [0.1, 0.15) is 29.8 Å². The number of nitrogens with zero attached hydrogens (tertiary/aromatic N) is 1. The second kappa shape index (κ2) is 4.40. The number of aromatic nitrogens is 1. The van der Waals surface area contributed by atoms with Gasteiger partial charge in [0.1, 0.15) is 5.69 Å². The number of carboxylic acids is 1. The molecule has 3 rings (SSSR count). The van der Waals surface area contributed by atoms with Crippen molar-refractivity contribution in [1.82, 2.24) is 9.88 Å². The maximum absolute atomic E-state index is 12.2. The number of amides is 1. The first-order chi connectivity index (χ1) is 9.08. The minimum absolute atomic E-state index is 0.170. The zero-order valence-corrected chi connectivity index (χ0v) is 10.9. The van der Waals surface area contributed by atoms with Crippen LogP contribution < -0.4 is 5.32 Å². The molecule has 2 N–H and O–H groups in total. The summed E-state index contributed by atoms with van der Waals surface area (Å²) in [6.45, 7) is 0. The van der Waals surface area contributed by atoms with Crippen molar-refractivity contribution < 1.29 is 14.7 Å². The Hall–Kier alpha value is -1.78. The quantitative estimate of drug-likeness (QED) is 0.861. The molecule has 0 saturated heterocycles. The lowest BCUT2D eigenvalue weighted by atomic mass is 9.84. The predicted octanol–water partition coefficient (Wildman–Crippen LogP) is 1.25. The number of carbonyl (C=O) groups is 2. The summed E-state index contributed by atoms with van der Waals surface area (Å²) in [5.41, 5.74) is 0.576. The molecule has 1 amide bonds. The Morgan fingerprint density at radius 1 is 1.37 bits per heavy atom. The molecule has 2 aliphatic carbocycles. The lowest BCUT2D eigenvalue weighted by Gasteiger charge is -2.28. The summed E-state index contributed by atoms with van der Waals surface area (Å²) in [4.78, 5) is 23.6. The first-order valence-corrected chi connectivity index (χ1v) is 6.73. The second-order valence-electron chi connectivity index (χ2n) is 5.70. The molecule has 1 aromatic heterocycles. The van der Waals surface area contributed by atoms with Gasteiger partial charge in [0.25, 0.3) is 5.91 Å². The summed E-state index contributed by atoms with van der Waals surface area (Å²) in [5.74, 6) is -0.791. The fraction of sp³-hybridized carbons (Fsp3) is 0.571. The normalized spacial score (nSPS) is 32.5. The Labute approximate surface area is 111 Å². The third kappa shape index (κ3) is 1.93. The van der Waals surface area contributed by atoms with Crippen molar-refractivity contribution in [3.05, 3.63) is 24.0 Å². The van der Waals surface area contributed by atoms with Gasteiger partial charge in [0.05, 0.1) is 5.92 Å². The Morgan fingerprint density at radius 2 is 2.11 bits per heavy atom. The fourth-order valence-electron chi connectivity index (χ4n) is 3.78. The van der Waals surface area contributed by atoms with Gasteiger partial charge >= 0.3 is 5.97 Å². The highest BCUT2D eigenvalue weighted by Crippen LogP contribution is 2.48. The Bertz CT molecular complexity index is 523. The van der Waals surface area contributed by atoms with Crippen LogP contribution in [0.15, 0.2) is 18.3 Å². The smallest absolute Gasteiger partial charge is 0.308 e. The molecule has 1 aromatic rings. The second-order valence-corrected chi connectivity index (χ2v) is 5.70. The van der Waals surface area contributed by atoms with Crippen LogP contribution in [0.2, 0.25) is 0 Å². The van der Waals surface area contributed by atoms with Crippen LogP contribution in [-0.4, -0.2) is 27.6 Å². The number of aryl methyl sites for hydroxylation is 1. The molecule has 2 fully saturated rings. The number of carbonyl (C=O) groups excluding carboxylic acids is 1. The van der Waals surface area contributed by atoms with Crippen molar-refractivity contribution in [1.29, 1.82) is 0 Å². The van der Waals surface area contributed by atoms with E-state index in [0.717, 1.165) is 19.3 Å². The summed E-state index contributed by atoms with van der Waals surface area (Å²) in [6.07, 6.45) is 4.77. The van der Waals surface area contributed by atoms with E-state index in [1.165, 1.54) is 0 Å². The van der Waals surface area contributed by atoms with Gasteiger partial charge in [0.15, 0.2) is 0 Å². The van der Waals surface area contributed by atoms with Crippen molar-refractivity contribution >= 4 is 11.9 Å². The van der Waals surface area contributed by atoms with Crippen LogP contribution >= 0.6 is 0 Å². The number of carboxylic acid groups (broad SMARTS) is 1. The van der Waals surface area contributed by atoms with Crippen LogP contribution in [-0.2, 0) is 11.8 Å². The maximum Gasteiger partial charge on any atom is 0.308 e. The molecule has 5 nitrogen and oxygen atoms in total. The van der Waals surface area contributed by atoms with Gasteiger partial charge in [-0.3, -0.25) is 9.59 Å². The van der Waals surface area contributed by atoms with Crippen LogP contribution in [0.3, 0.4) is 0 Å². The molecular weight excluding hydrogens is 244 g/mol. The monoisotopic (exact) mass is 262 g/mol. The SMILES string of the molecule is Cn1cccc1C(=O)NC1C2CCC(C2)C1C(=O)O. The highest BCUT2D eigenvalue weighted by molar-refractivity contribution is 5.93. The van der Waals surface area contributed by atoms with Gasteiger partial charge in [-0.1, -0.05) is 0 Å². The zero-order valence-electron chi connectivity index (χ0n) is 10.9. The van der Waals surface area contributed by atoms with Crippen LogP contribution in [0.25, 0.3) is 0 Å². The maximum atomic E-state index is 12.2. The highest BCUT2D eigenvalue weighted by Gasteiger charge is 2.51. The standard InChI is InChI=1S/C14H18N2O3/c1-16-6-2-3-10(16)13(17)15-12-9-5-4-8(7-9)11(12)14(18)19/h2-3,6,8-9,11-12H,4-5,7H2,1H3,(H,15,17)(H,18,19). The molecule has 0 radical (unpaired) electrons. The first-order valence-electron chi connectivity index (χ1n) is 6.73. The molecule has 2 saturated carbocycles. The van der Waals surface area contributed by atoms with E-state index in [2.05, 4.69) is 5.32 Å². The van der Waals surface area contributed by atoms with E-state index in [1.54, 1.807) is 10.6 Å². The molecule has 0 aromatic carbocycles. The Kier molecular flexibility index (Phi) is 2.84. The number of fused-ring (bicyclic) bond motifs is 2. The molecule has 4 unspecified atom stereocenters. The van der Waals surface area contributed by atoms with E-state index in [9.17, 15) is 14.7 Å². The van der Waals surface area contributed by atoms with Crippen molar-refractivity contribution in [3.8, 4) is 0 Å². The minimum Gasteiger partial charge on any atom is -0.481 e. The third-order valence-corrected chi connectivity index (χ3v) is 4.68. The summed E-state index contributed by atoms with van der Waals surface area (Å²) in [7, 11) is 1.81. The first kappa shape index (κ1) is 12.3. The van der Waals surface area contributed by atoms with E-state index in [1.807, 2.05) is 19.3 Å². The minimum atomic E-state index is -0.774. The molecular formula is C14H18N2O3. The zero-order chi connectivity index (χ0) is 13.6. The van der Waals surface area contributed by atoms with Gasteiger partial charge in [0, 0.05) is 19.3 Å². The van der Waals surface area contributed by atoms with Crippen molar-refractivity contribution in [2.75, 3.05) is 0 Å². The van der Waals surface area contributed by atoms with Gasteiger partial charge in [0.2, 0.25) is 0 Å². The third-order valence-electron chi connectivity index (χ3n) is 4.68. The molecule has 2 aliphatic rings. The topological polar surface area (TPSA) is 71.3 Å². The van der Waals surface area contributed by atoms with E-state index in [0.29, 0.717) is 11.6 Å². The van der Waals surface area contributed by atoms with Gasteiger partial charge in [-0.2, -0.15) is 0 Å². The predicted molar refractivity (Wildman–Crippen MR) is 68.6 cm³/mol. The van der Waals surface area contributed by atoms with Gasteiger partial charge in [-0.15, -0.1) is 0 Å². The van der Waals surface area contributed by atoms with Gasteiger partial charge < -0.3 is 15.0 Å². The van der Waals surface area contributed by atoms with Gasteiger partial charge in [-0.05, 0) is 43.2 Å². The van der Waals surface area contributed by atoms with Crippen LogP contribution in [0.5, 0.6) is 0 Å². The summed E-state index contributed by atoms with van der Waals surface area (Å²) in [5, 5.41) is 12.3. The molecule has 4 atom stereocenters. The largest absolute Gasteiger partial charge is 0.481 e. The van der Waals surface area contributed by atoms with Crippen molar-refractivity contribution in [2.45, 2.75) is 25.3 Å². The number of rotatable bonds is 3. The number of nitrogens with one attached hydrogen (secondary N) is 1. The molecule has 102 valence electrons. The Morgan fingerprint density at radius 3 is 2.74 bits per heavy atom. The summed E-state index contributed by atoms with van der Waals surface area (Å²) < 4.78 is 1.75. The molecule has 5 heteroatoms. The van der Waals surface area contributed by atoms with E-state index in [4.69, 9.17) is 0 Å². The van der Waals surface area contributed by atoms with Crippen molar-refractivity contribution in [2.24, 2.45) is 24.8 Å².